The van der Waals surface area contributed by atoms with Crippen LogP contribution in [0.2, 0.25) is 0 Å². The molecule has 0 spiro atoms. The maximum absolute atomic E-state index is 12.3. The number of pyridine rings is 1. The molecule has 1 aliphatic rings. The Bertz CT molecular complexity index is 784. The topological polar surface area (TPSA) is 79.3 Å². The van der Waals surface area contributed by atoms with Crippen LogP contribution in [0, 0.1) is 0 Å². The van der Waals surface area contributed by atoms with Gasteiger partial charge in [0.2, 0.25) is 0 Å². The van der Waals surface area contributed by atoms with Gasteiger partial charge in [0, 0.05) is 11.9 Å². The molecule has 24 heavy (non-hydrogen) atoms. The van der Waals surface area contributed by atoms with Crippen LogP contribution < -0.4 is 5.32 Å². The zero-order valence-electron chi connectivity index (χ0n) is 13.7. The molecule has 1 aliphatic carbocycles. The predicted octanol–water partition coefficient (Wildman–Crippen LogP) is 4.03. The predicted molar refractivity (Wildman–Crippen MR) is 91.7 cm³/mol. The number of carbonyl (C=O) groups excluding carboxylic acids is 1. The van der Waals surface area contributed by atoms with Crippen LogP contribution in [0.25, 0.3) is 0 Å². The molecular formula is C19H20N2O3. The summed E-state index contributed by atoms with van der Waals surface area (Å²) in [5.74, 6) is -0.372. The summed E-state index contributed by atoms with van der Waals surface area (Å²) in [6.45, 7) is 4.44. The van der Waals surface area contributed by atoms with E-state index in [-0.39, 0.29) is 17.2 Å². The van der Waals surface area contributed by atoms with E-state index in [1.165, 1.54) is 35.9 Å². The van der Waals surface area contributed by atoms with Crippen molar-refractivity contribution < 1.29 is 14.7 Å². The van der Waals surface area contributed by atoms with Gasteiger partial charge >= 0.3 is 5.97 Å². The van der Waals surface area contributed by atoms with Gasteiger partial charge in [0.05, 0.1) is 5.56 Å². The molecule has 2 N–H and O–H groups in total. The van der Waals surface area contributed by atoms with E-state index in [1.54, 1.807) is 0 Å². The lowest BCUT2D eigenvalue weighted by Gasteiger charge is -2.28. The third kappa shape index (κ3) is 3.15. The molecule has 5 nitrogen and oxygen atoms in total. The van der Waals surface area contributed by atoms with Gasteiger partial charge in [-0.3, -0.25) is 9.78 Å². The van der Waals surface area contributed by atoms with Crippen molar-refractivity contribution in [2.45, 2.75) is 38.5 Å². The normalized spacial score (nSPS) is 19.4. The number of fused-ring (bicyclic) bond motifs is 1. The Kier molecular flexibility index (Phi) is 4.34. The highest BCUT2D eigenvalue weighted by Crippen LogP contribution is 2.39. The van der Waals surface area contributed by atoms with E-state index in [2.05, 4.69) is 30.2 Å². The number of anilines is 1. The highest BCUT2D eigenvalue weighted by molar-refractivity contribution is 6.03. The first-order valence-electron chi connectivity index (χ1n) is 8.10. The highest BCUT2D eigenvalue weighted by Gasteiger charge is 2.22. The summed E-state index contributed by atoms with van der Waals surface area (Å²) in [4.78, 5) is 27.0. The van der Waals surface area contributed by atoms with Gasteiger partial charge in [-0.15, -0.1) is 0 Å². The smallest absolute Gasteiger partial charge is 0.337 e. The van der Waals surface area contributed by atoms with Crippen molar-refractivity contribution in [3.63, 3.8) is 0 Å². The maximum atomic E-state index is 12.3. The molecule has 1 aromatic carbocycles. The molecule has 0 saturated heterocycles. The summed E-state index contributed by atoms with van der Waals surface area (Å²) in [6.07, 6.45) is 3.54. The Morgan fingerprint density at radius 2 is 1.79 bits per heavy atom. The first kappa shape index (κ1) is 16.2. The molecule has 124 valence electrons. The van der Waals surface area contributed by atoms with E-state index in [9.17, 15) is 9.59 Å². The summed E-state index contributed by atoms with van der Waals surface area (Å²) in [6, 6.07) is 8.84. The van der Waals surface area contributed by atoms with E-state index < -0.39 is 5.97 Å². The molecular weight excluding hydrogens is 304 g/mol. The van der Waals surface area contributed by atoms with Crippen molar-refractivity contribution in [1.29, 1.82) is 0 Å². The van der Waals surface area contributed by atoms with E-state index in [0.717, 1.165) is 12.1 Å². The molecule has 2 atom stereocenters. The van der Waals surface area contributed by atoms with Crippen molar-refractivity contribution in [2.24, 2.45) is 0 Å². The van der Waals surface area contributed by atoms with Crippen LogP contribution in [0.3, 0.4) is 0 Å². The van der Waals surface area contributed by atoms with Crippen LogP contribution in [-0.2, 0) is 0 Å². The van der Waals surface area contributed by atoms with E-state index in [1.807, 2.05) is 12.1 Å². The van der Waals surface area contributed by atoms with Gasteiger partial charge in [0.25, 0.3) is 5.91 Å². The fourth-order valence-corrected chi connectivity index (χ4v) is 3.19. The second kappa shape index (κ2) is 6.43. The Hall–Kier alpha value is -2.69. The molecule has 5 heteroatoms. The number of amides is 1. The molecule has 1 aromatic heterocycles. The minimum Gasteiger partial charge on any atom is -0.478 e. The fourth-order valence-electron chi connectivity index (χ4n) is 3.19. The largest absolute Gasteiger partial charge is 0.478 e. The first-order valence-corrected chi connectivity index (χ1v) is 8.10. The zero-order valence-corrected chi connectivity index (χ0v) is 13.7. The van der Waals surface area contributed by atoms with Crippen molar-refractivity contribution >= 4 is 17.6 Å². The molecule has 0 saturated carbocycles. The van der Waals surface area contributed by atoms with Crippen LogP contribution in [0.5, 0.6) is 0 Å². The Morgan fingerprint density at radius 3 is 2.42 bits per heavy atom. The second-order valence-corrected chi connectivity index (χ2v) is 6.41. The van der Waals surface area contributed by atoms with Gasteiger partial charge in [0.1, 0.15) is 5.69 Å². The van der Waals surface area contributed by atoms with Gasteiger partial charge in [-0.05, 0) is 60.1 Å². The minimum absolute atomic E-state index is 0.0585. The lowest BCUT2D eigenvalue weighted by Crippen LogP contribution is -2.16. The van der Waals surface area contributed by atoms with Crippen molar-refractivity contribution in [3.05, 3.63) is 58.9 Å². The van der Waals surface area contributed by atoms with Gasteiger partial charge in [-0.2, -0.15) is 0 Å². The Labute approximate surface area is 140 Å². The summed E-state index contributed by atoms with van der Waals surface area (Å²) in [5, 5.41) is 11.7. The lowest BCUT2D eigenvalue weighted by atomic mass is 9.78. The highest BCUT2D eigenvalue weighted by atomic mass is 16.4. The van der Waals surface area contributed by atoms with E-state index >= 15 is 0 Å². The third-order valence-electron chi connectivity index (χ3n) is 4.68. The molecule has 0 aliphatic heterocycles. The average molecular weight is 324 g/mol. The van der Waals surface area contributed by atoms with Crippen LogP contribution in [-0.4, -0.2) is 22.0 Å². The van der Waals surface area contributed by atoms with Crippen molar-refractivity contribution in [2.75, 3.05) is 5.32 Å². The molecule has 2 aromatic rings. The SMILES string of the molecule is CC1CCC(C)c2cc(NC(=O)c3ccc(C(=O)O)cn3)ccc21. The number of carboxylic acid groups (broad SMARTS) is 1. The molecule has 0 bridgehead atoms. The zero-order chi connectivity index (χ0) is 17.3. The van der Waals surface area contributed by atoms with Crippen LogP contribution in [0.4, 0.5) is 5.69 Å². The van der Waals surface area contributed by atoms with E-state index in [0.29, 0.717) is 11.8 Å². The quantitative estimate of drug-likeness (QED) is 0.893. The number of aromatic carboxylic acids is 1. The average Bonchev–Trinajstić information content (AvgIpc) is 2.58. The summed E-state index contributed by atoms with van der Waals surface area (Å²) in [7, 11) is 0. The Morgan fingerprint density at radius 1 is 1.08 bits per heavy atom. The molecule has 1 amide bonds. The van der Waals surface area contributed by atoms with Gasteiger partial charge in [-0.1, -0.05) is 19.9 Å². The molecule has 3 rings (SSSR count). The number of carbonyl (C=O) groups is 2. The van der Waals surface area contributed by atoms with E-state index in [4.69, 9.17) is 5.11 Å². The summed E-state index contributed by atoms with van der Waals surface area (Å²) in [5.41, 5.74) is 3.64. The van der Waals surface area contributed by atoms with Gasteiger partial charge in [-0.25, -0.2) is 4.79 Å². The summed E-state index contributed by atoms with van der Waals surface area (Å²) >= 11 is 0. The summed E-state index contributed by atoms with van der Waals surface area (Å²) < 4.78 is 0. The minimum atomic E-state index is -1.06. The first-order chi connectivity index (χ1) is 11.5. The van der Waals surface area contributed by atoms with Gasteiger partial charge < -0.3 is 10.4 Å². The van der Waals surface area contributed by atoms with Crippen LogP contribution in [0.1, 0.15) is 70.5 Å². The Balaban J connectivity index is 1.79. The molecule has 0 fully saturated rings. The maximum Gasteiger partial charge on any atom is 0.337 e. The third-order valence-corrected chi connectivity index (χ3v) is 4.68. The number of rotatable bonds is 3. The number of nitrogens with zero attached hydrogens (tertiary/aromatic N) is 1. The van der Waals surface area contributed by atoms with Crippen molar-refractivity contribution in [3.8, 4) is 0 Å². The number of hydrogen-bond donors (Lipinski definition) is 2. The van der Waals surface area contributed by atoms with Crippen LogP contribution in [0.15, 0.2) is 36.5 Å². The molecule has 1 heterocycles. The van der Waals surface area contributed by atoms with Crippen LogP contribution >= 0.6 is 0 Å². The second-order valence-electron chi connectivity index (χ2n) is 6.41. The standard InChI is InChI=1S/C19H20N2O3/c1-11-3-4-12(2)16-9-14(6-7-15(11)16)21-18(22)17-8-5-13(10-20-17)19(23)24/h5-12H,3-4H2,1-2H3,(H,21,22)(H,23,24). The monoisotopic (exact) mass is 324 g/mol. The van der Waals surface area contributed by atoms with Gasteiger partial charge in [0.15, 0.2) is 0 Å². The fraction of sp³-hybridized carbons (Fsp3) is 0.316. The number of hydrogen-bond acceptors (Lipinski definition) is 3. The molecule has 2 unspecified atom stereocenters. The van der Waals surface area contributed by atoms with Crippen molar-refractivity contribution in [1.82, 2.24) is 4.98 Å². The lowest BCUT2D eigenvalue weighted by molar-refractivity contribution is 0.0696. The number of aromatic nitrogens is 1. The number of carboxylic acids is 1. The number of nitrogens with one attached hydrogen (secondary N) is 1. The number of benzene rings is 1. The molecule has 0 radical (unpaired) electrons.